The lowest BCUT2D eigenvalue weighted by Crippen LogP contribution is -2.17. The average molecular weight is 523 g/mol. The van der Waals surface area contributed by atoms with Gasteiger partial charge in [0.2, 0.25) is 11.8 Å². The first-order valence-electron chi connectivity index (χ1n) is 12.0. The molecule has 0 unspecified atom stereocenters. The van der Waals surface area contributed by atoms with Crippen LogP contribution in [0.15, 0.2) is 82.4 Å². The number of fused-ring (bicyclic) bond motifs is 1. The Balaban J connectivity index is 1.38. The number of anilines is 3. The van der Waals surface area contributed by atoms with E-state index in [1.54, 1.807) is 48.5 Å². The summed E-state index contributed by atoms with van der Waals surface area (Å²) in [6, 6.07) is 15.9. The van der Waals surface area contributed by atoms with Crippen LogP contribution in [0.25, 0.3) is 33.9 Å². The zero-order valence-corrected chi connectivity index (χ0v) is 20.6. The second-order valence-corrected chi connectivity index (χ2v) is 8.59. The molecule has 1 atom stereocenters. The first-order chi connectivity index (χ1) is 19.1. The van der Waals surface area contributed by atoms with E-state index in [0.717, 1.165) is 5.56 Å². The normalized spacial score (nSPS) is 11.9. The number of aryl methyl sites for hydroxylation is 1. The third-order valence-electron chi connectivity index (χ3n) is 5.99. The molecular formula is C26H22N10O3. The Hall–Kier alpha value is -5.43. The summed E-state index contributed by atoms with van der Waals surface area (Å²) in [5.74, 6) is 1.50. The van der Waals surface area contributed by atoms with Gasteiger partial charge in [0.05, 0.1) is 29.2 Å². The maximum atomic E-state index is 12.0. The highest BCUT2D eigenvalue weighted by Gasteiger charge is 2.20. The van der Waals surface area contributed by atoms with Crippen LogP contribution in [0, 0.1) is 0 Å². The van der Waals surface area contributed by atoms with Crippen molar-refractivity contribution in [3.05, 3.63) is 89.1 Å². The maximum Gasteiger partial charge on any atom is 0.273 e. The molecule has 6 aromatic rings. The van der Waals surface area contributed by atoms with Gasteiger partial charge in [-0.25, -0.2) is 9.97 Å². The van der Waals surface area contributed by atoms with E-state index in [9.17, 15) is 9.90 Å². The van der Waals surface area contributed by atoms with Crippen LogP contribution in [0.2, 0.25) is 0 Å². The number of aliphatic hydroxyl groups is 1. The van der Waals surface area contributed by atoms with Gasteiger partial charge in [-0.05, 0) is 29.8 Å². The predicted molar refractivity (Wildman–Crippen MR) is 143 cm³/mol. The molecule has 39 heavy (non-hydrogen) atoms. The van der Waals surface area contributed by atoms with Crippen LogP contribution in [-0.2, 0) is 7.05 Å². The Morgan fingerprint density at radius 3 is 2.67 bits per heavy atom. The van der Waals surface area contributed by atoms with E-state index in [1.165, 1.54) is 0 Å². The van der Waals surface area contributed by atoms with Crippen LogP contribution < -0.4 is 16.2 Å². The Morgan fingerprint density at radius 1 is 1.03 bits per heavy atom. The number of rotatable bonds is 8. The topological polar surface area (TPSA) is 173 Å². The fraction of sp³-hybridized carbons (Fsp3) is 0.115. The van der Waals surface area contributed by atoms with Gasteiger partial charge in [0.1, 0.15) is 11.6 Å². The number of benzene rings is 1. The minimum Gasteiger partial charge on any atom is -0.416 e. The highest BCUT2D eigenvalue weighted by molar-refractivity contribution is 5.77. The lowest BCUT2D eigenvalue weighted by molar-refractivity contribution is 0.276. The summed E-state index contributed by atoms with van der Waals surface area (Å²) in [6.45, 7) is -0.194. The zero-order valence-electron chi connectivity index (χ0n) is 20.6. The van der Waals surface area contributed by atoms with Crippen LogP contribution in [0.3, 0.4) is 0 Å². The largest absolute Gasteiger partial charge is 0.416 e. The summed E-state index contributed by atoms with van der Waals surface area (Å²) in [7, 11) is 1.70. The summed E-state index contributed by atoms with van der Waals surface area (Å²) >= 11 is 0. The lowest BCUT2D eigenvalue weighted by atomic mass is 10.1. The molecule has 0 amide bonds. The van der Waals surface area contributed by atoms with Crippen molar-refractivity contribution in [3.8, 4) is 22.9 Å². The maximum absolute atomic E-state index is 12.0. The van der Waals surface area contributed by atoms with Gasteiger partial charge in [-0.1, -0.05) is 30.3 Å². The van der Waals surface area contributed by atoms with E-state index in [4.69, 9.17) is 4.42 Å². The first kappa shape index (κ1) is 23.9. The Morgan fingerprint density at radius 2 is 1.87 bits per heavy atom. The molecule has 0 spiro atoms. The molecule has 4 N–H and O–H groups in total. The van der Waals surface area contributed by atoms with Gasteiger partial charge in [0.15, 0.2) is 5.65 Å². The minimum absolute atomic E-state index is 0.189. The van der Waals surface area contributed by atoms with Crippen LogP contribution in [0.4, 0.5) is 17.6 Å². The Kier molecular flexibility index (Phi) is 6.23. The highest BCUT2D eigenvalue weighted by atomic mass is 16.4. The van der Waals surface area contributed by atoms with Crippen molar-refractivity contribution in [1.29, 1.82) is 0 Å². The number of nitrogens with zero attached hydrogens (tertiary/aromatic N) is 7. The van der Waals surface area contributed by atoms with Crippen molar-refractivity contribution in [2.75, 3.05) is 17.2 Å². The van der Waals surface area contributed by atoms with Crippen molar-refractivity contribution < 1.29 is 9.52 Å². The van der Waals surface area contributed by atoms with Gasteiger partial charge in [0, 0.05) is 25.6 Å². The van der Waals surface area contributed by atoms with Crippen molar-refractivity contribution in [2.45, 2.75) is 6.04 Å². The summed E-state index contributed by atoms with van der Waals surface area (Å²) in [4.78, 5) is 29.7. The second-order valence-electron chi connectivity index (χ2n) is 8.59. The minimum atomic E-state index is -0.475. The molecule has 0 saturated heterocycles. The van der Waals surface area contributed by atoms with Gasteiger partial charge < -0.3 is 20.2 Å². The molecule has 0 saturated carbocycles. The van der Waals surface area contributed by atoms with Crippen LogP contribution in [0.1, 0.15) is 11.6 Å². The number of H-pyrrole nitrogens is 1. The van der Waals surface area contributed by atoms with Crippen LogP contribution >= 0.6 is 0 Å². The smallest absolute Gasteiger partial charge is 0.273 e. The molecule has 0 bridgehead atoms. The Bertz CT molecular complexity index is 1800. The Labute approximate surface area is 220 Å². The van der Waals surface area contributed by atoms with E-state index >= 15 is 0 Å². The molecule has 5 aromatic heterocycles. The molecular weight excluding hydrogens is 500 g/mol. The van der Waals surface area contributed by atoms with Gasteiger partial charge in [0.25, 0.3) is 11.4 Å². The highest BCUT2D eigenvalue weighted by Crippen LogP contribution is 2.31. The van der Waals surface area contributed by atoms with Crippen molar-refractivity contribution in [3.63, 3.8) is 0 Å². The zero-order chi connectivity index (χ0) is 26.8. The SMILES string of the molecule is Cn1[nH]c(=O)c2ccc(Nc3ncc(-c4nnc(-c5cccnc5)o4)c(N[C@H](CO)c4ccccc4)n3)nc21. The number of aromatic amines is 1. The molecule has 0 aliphatic carbocycles. The van der Waals surface area contributed by atoms with E-state index in [1.807, 2.05) is 36.4 Å². The molecule has 13 heteroatoms. The van der Waals surface area contributed by atoms with Gasteiger partial charge in [-0.2, -0.15) is 4.98 Å². The van der Waals surface area contributed by atoms with Gasteiger partial charge in [-0.15, -0.1) is 10.2 Å². The summed E-state index contributed by atoms with van der Waals surface area (Å²) in [6.07, 6.45) is 4.83. The molecule has 194 valence electrons. The number of aromatic nitrogens is 8. The average Bonchev–Trinajstić information content (AvgIpc) is 3.57. The van der Waals surface area contributed by atoms with E-state index in [-0.39, 0.29) is 24.0 Å². The van der Waals surface area contributed by atoms with Crippen LogP contribution in [-0.4, -0.2) is 51.6 Å². The molecule has 0 radical (unpaired) electrons. The van der Waals surface area contributed by atoms with Crippen molar-refractivity contribution in [2.24, 2.45) is 7.05 Å². The van der Waals surface area contributed by atoms with Gasteiger partial charge in [-0.3, -0.25) is 19.6 Å². The quantitative estimate of drug-likeness (QED) is 0.231. The summed E-state index contributed by atoms with van der Waals surface area (Å²) < 4.78 is 7.47. The lowest BCUT2D eigenvalue weighted by Gasteiger charge is -2.19. The van der Waals surface area contributed by atoms with Crippen molar-refractivity contribution >= 4 is 28.6 Å². The van der Waals surface area contributed by atoms with E-state index < -0.39 is 6.04 Å². The molecule has 1 aromatic carbocycles. The molecule has 6 rings (SSSR count). The predicted octanol–water partition coefficient (Wildman–Crippen LogP) is 3.05. The van der Waals surface area contributed by atoms with E-state index in [2.05, 4.69) is 45.9 Å². The number of nitrogens with one attached hydrogen (secondary N) is 3. The number of pyridine rings is 2. The fourth-order valence-corrected chi connectivity index (χ4v) is 4.06. The fourth-order valence-electron chi connectivity index (χ4n) is 4.06. The first-order valence-corrected chi connectivity index (χ1v) is 12.0. The summed E-state index contributed by atoms with van der Waals surface area (Å²) in [5, 5.41) is 28.0. The molecule has 5 heterocycles. The second kappa shape index (κ2) is 10.1. The number of aliphatic hydroxyl groups excluding tert-OH is 1. The van der Waals surface area contributed by atoms with Crippen molar-refractivity contribution in [1.82, 2.24) is 39.9 Å². The third-order valence-corrected chi connectivity index (χ3v) is 5.99. The standard InChI is InChI=1S/C26H22N10O3/c1-36-22-17(23(38)35-36)9-10-20(30-22)31-26-28-13-18(25-34-33-24(39-25)16-8-5-11-27-12-16)21(32-26)29-19(14-37)15-6-3-2-4-7-15/h2-13,19,37H,14H2,1H3,(H,35,38)(H2,28,29,30,31,32)/t19-/m1/s1. The third kappa shape index (κ3) is 4.81. The molecule has 13 nitrogen and oxygen atoms in total. The monoisotopic (exact) mass is 522 g/mol. The molecule has 0 fully saturated rings. The number of hydrogen-bond donors (Lipinski definition) is 4. The number of hydrogen-bond acceptors (Lipinski definition) is 11. The summed E-state index contributed by atoms with van der Waals surface area (Å²) in [5.41, 5.74) is 2.23. The van der Waals surface area contributed by atoms with E-state index in [0.29, 0.717) is 39.7 Å². The molecule has 0 aliphatic heterocycles. The van der Waals surface area contributed by atoms with Gasteiger partial charge >= 0.3 is 0 Å². The van der Waals surface area contributed by atoms with Crippen LogP contribution in [0.5, 0.6) is 0 Å². The molecule has 0 aliphatic rings.